The molecule has 0 bridgehead atoms. The van der Waals surface area contributed by atoms with Crippen molar-refractivity contribution in [1.82, 2.24) is 20.2 Å². The summed E-state index contributed by atoms with van der Waals surface area (Å²) >= 11 is 0. The number of rotatable bonds is 4. The summed E-state index contributed by atoms with van der Waals surface area (Å²) in [6, 6.07) is -0.194. The van der Waals surface area contributed by atoms with Crippen LogP contribution in [0.4, 0.5) is 10.5 Å². The van der Waals surface area contributed by atoms with Crippen LogP contribution in [0.3, 0.4) is 0 Å². The summed E-state index contributed by atoms with van der Waals surface area (Å²) in [6.45, 7) is 6.96. The van der Waals surface area contributed by atoms with Crippen LogP contribution in [0.5, 0.6) is 0 Å². The van der Waals surface area contributed by atoms with Gasteiger partial charge in [0.05, 0.1) is 12.7 Å². The first-order valence-electron chi connectivity index (χ1n) is 7.98. The van der Waals surface area contributed by atoms with Crippen LogP contribution in [0, 0.1) is 13.8 Å². The Morgan fingerprint density at radius 2 is 2.17 bits per heavy atom. The highest BCUT2D eigenvalue weighted by atomic mass is 16.5. The highest BCUT2D eigenvalue weighted by molar-refractivity contribution is 5.90. The van der Waals surface area contributed by atoms with Crippen LogP contribution in [0.1, 0.15) is 30.1 Å². The van der Waals surface area contributed by atoms with Crippen molar-refractivity contribution < 1.29 is 18.6 Å². The number of nitrogens with one attached hydrogen (secondary N) is 1. The second-order valence-corrected chi connectivity index (χ2v) is 5.73. The molecule has 130 valence electrons. The summed E-state index contributed by atoms with van der Waals surface area (Å²) in [6.07, 6.45) is 1.06. The fraction of sp³-hybridized carbons (Fsp3) is 0.600. The molecule has 1 aliphatic heterocycles. The van der Waals surface area contributed by atoms with E-state index < -0.39 is 0 Å². The van der Waals surface area contributed by atoms with Crippen molar-refractivity contribution in [1.29, 1.82) is 0 Å². The molecular formula is C15H21N5O4. The lowest BCUT2D eigenvalue weighted by atomic mass is 10.2. The standard InChI is InChI=1S/C15H21N5O4/c1-4-13-16-12(19-24-13)7-11-8-20(5-6-22-11)15(21)17-14-9(2)18-23-10(14)3/h11H,4-8H2,1-3H3,(H,17,21)/t11-/m0/s1. The van der Waals surface area contributed by atoms with E-state index >= 15 is 0 Å². The van der Waals surface area contributed by atoms with Gasteiger partial charge in [0.1, 0.15) is 11.4 Å². The molecule has 9 nitrogen and oxygen atoms in total. The summed E-state index contributed by atoms with van der Waals surface area (Å²) in [4.78, 5) is 18.4. The van der Waals surface area contributed by atoms with Gasteiger partial charge in [0.2, 0.25) is 5.89 Å². The third-order valence-electron chi connectivity index (χ3n) is 3.91. The van der Waals surface area contributed by atoms with Crippen molar-refractivity contribution >= 4 is 11.7 Å². The van der Waals surface area contributed by atoms with E-state index in [1.807, 2.05) is 6.92 Å². The van der Waals surface area contributed by atoms with Crippen LogP contribution in [0.25, 0.3) is 0 Å². The fourth-order valence-corrected chi connectivity index (χ4v) is 2.60. The second-order valence-electron chi connectivity index (χ2n) is 5.73. The van der Waals surface area contributed by atoms with Crippen molar-refractivity contribution in [3.63, 3.8) is 0 Å². The van der Waals surface area contributed by atoms with Gasteiger partial charge in [-0.05, 0) is 13.8 Å². The molecule has 3 heterocycles. The van der Waals surface area contributed by atoms with E-state index in [1.165, 1.54) is 0 Å². The lowest BCUT2D eigenvalue weighted by Crippen LogP contribution is -2.48. The molecule has 2 aromatic heterocycles. The maximum absolute atomic E-state index is 12.5. The highest BCUT2D eigenvalue weighted by Crippen LogP contribution is 2.20. The molecule has 0 aliphatic carbocycles. The predicted octanol–water partition coefficient (Wildman–Crippen LogP) is 1.71. The van der Waals surface area contributed by atoms with E-state index in [4.69, 9.17) is 13.8 Å². The maximum atomic E-state index is 12.5. The Morgan fingerprint density at radius 3 is 2.83 bits per heavy atom. The summed E-state index contributed by atoms with van der Waals surface area (Å²) in [5, 5.41) is 10.6. The Morgan fingerprint density at radius 1 is 1.33 bits per heavy atom. The van der Waals surface area contributed by atoms with Crippen molar-refractivity contribution in [2.75, 3.05) is 25.0 Å². The predicted molar refractivity (Wildman–Crippen MR) is 83.7 cm³/mol. The van der Waals surface area contributed by atoms with Crippen molar-refractivity contribution in [3.05, 3.63) is 23.2 Å². The molecule has 1 N–H and O–H groups in total. The van der Waals surface area contributed by atoms with Gasteiger partial charge in [0, 0.05) is 25.9 Å². The van der Waals surface area contributed by atoms with Crippen molar-refractivity contribution in [2.45, 2.75) is 39.7 Å². The first kappa shape index (κ1) is 16.4. The Hall–Kier alpha value is -2.42. The molecule has 1 saturated heterocycles. The monoisotopic (exact) mass is 335 g/mol. The molecule has 0 saturated carbocycles. The number of anilines is 1. The van der Waals surface area contributed by atoms with E-state index in [0.29, 0.717) is 61.4 Å². The molecule has 0 spiro atoms. The molecule has 0 radical (unpaired) electrons. The average Bonchev–Trinajstić information content (AvgIpc) is 3.16. The van der Waals surface area contributed by atoms with Gasteiger partial charge in [-0.15, -0.1) is 0 Å². The molecule has 0 unspecified atom stereocenters. The first-order chi connectivity index (χ1) is 11.6. The summed E-state index contributed by atoms with van der Waals surface area (Å²) < 4.78 is 15.9. The van der Waals surface area contributed by atoms with Crippen LogP contribution >= 0.6 is 0 Å². The van der Waals surface area contributed by atoms with Crippen molar-refractivity contribution in [3.8, 4) is 0 Å². The summed E-state index contributed by atoms with van der Waals surface area (Å²) in [5.41, 5.74) is 1.28. The minimum absolute atomic E-state index is 0.156. The topological polar surface area (TPSA) is 107 Å². The number of hydrogen-bond acceptors (Lipinski definition) is 7. The van der Waals surface area contributed by atoms with Gasteiger partial charge in [-0.1, -0.05) is 17.2 Å². The van der Waals surface area contributed by atoms with Gasteiger partial charge in [0.15, 0.2) is 11.6 Å². The third kappa shape index (κ3) is 3.56. The number of aromatic nitrogens is 3. The molecule has 3 rings (SSSR count). The number of ether oxygens (including phenoxy) is 1. The summed E-state index contributed by atoms with van der Waals surface area (Å²) in [5.74, 6) is 1.79. The zero-order chi connectivity index (χ0) is 17.1. The molecule has 2 aromatic rings. The van der Waals surface area contributed by atoms with Crippen LogP contribution in [-0.4, -0.2) is 52.0 Å². The second kappa shape index (κ2) is 7.00. The summed E-state index contributed by atoms with van der Waals surface area (Å²) in [7, 11) is 0. The van der Waals surface area contributed by atoms with Crippen LogP contribution in [0.15, 0.2) is 9.05 Å². The number of morpholine rings is 1. The Balaban J connectivity index is 1.59. The van der Waals surface area contributed by atoms with Gasteiger partial charge in [0.25, 0.3) is 0 Å². The highest BCUT2D eigenvalue weighted by Gasteiger charge is 2.27. The van der Waals surface area contributed by atoms with E-state index in [0.717, 1.165) is 0 Å². The molecule has 1 fully saturated rings. The largest absolute Gasteiger partial charge is 0.374 e. The van der Waals surface area contributed by atoms with Gasteiger partial charge >= 0.3 is 6.03 Å². The Labute approximate surface area is 139 Å². The lowest BCUT2D eigenvalue weighted by molar-refractivity contribution is -0.0125. The zero-order valence-electron chi connectivity index (χ0n) is 14.0. The first-order valence-corrected chi connectivity index (χ1v) is 7.98. The number of hydrogen-bond donors (Lipinski definition) is 1. The molecule has 0 aromatic carbocycles. The lowest BCUT2D eigenvalue weighted by Gasteiger charge is -2.32. The van der Waals surface area contributed by atoms with E-state index in [9.17, 15) is 4.79 Å². The van der Waals surface area contributed by atoms with Gasteiger partial charge in [-0.2, -0.15) is 4.98 Å². The van der Waals surface area contributed by atoms with E-state index in [-0.39, 0.29) is 12.1 Å². The SMILES string of the molecule is CCc1nc(C[C@H]2CN(C(=O)Nc3c(C)noc3C)CCO2)no1. The van der Waals surface area contributed by atoms with Crippen LogP contribution < -0.4 is 5.32 Å². The third-order valence-corrected chi connectivity index (χ3v) is 3.91. The Kier molecular flexibility index (Phi) is 4.79. The van der Waals surface area contributed by atoms with Crippen LogP contribution in [-0.2, 0) is 17.6 Å². The fourth-order valence-electron chi connectivity index (χ4n) is 2.60. The number of carbonyl (C=O) groups is 1. The maximum Gasteiger partial charge on any atom is 0.322 e. The molecule has 1 aliphatic rings. The van der Waals surface area contributed by atoms with E-state index in [2.05, 4.69) is 20.6 Å². The average molecular weight is 335 g/mol. The van der Waals surface area contributed by atoms with Crippen LogP contribution in [0.2, 0.25) is 0 Å². The minimum atomic E-state index is -0.194. The number of aryl methyl sites for hydroxylation is 3. The number of nitrogens with zero attached hydrogens (tertiary/aromatic N) is 4. The molecule has 9 heteroatoms. The number of carbonyl (C=O) groups excluding carboxylic acids is 1. The zero-order valence-corrected chi connectivity index (χ0v) is 14.0. The minimum Gasteiger partial charge on any atom is -0.374 e. The van der Waals surface area contributed by atoms with Crippen molar-refractivity contribution in [2.24, 2.45) is 0 Å². The molecule has 24 heavy (non-hydrogen) atoms. The Bertz CT molecular complexity index is 691. The molecule has 2 amide bonds. The number of urea groups is 1. The van der Waals surface area contributed by atoms with Gasteiger partial charge < -0.3 is 24.0 Å². The van der Waals surface area contributed by atoms with Gasteiger partial charge in [-0.3, -0.25) is 0 Å². The smallest absolute Gasteiger partial charge is 0.322 e. The molecule has 1 atom stereocenters. The normalized spacial score (nSPS) is 18.0. The van der Waals surface area contributed by atoms with Gasteiger partial charge in [-0.25, -0.2) is 4.79 Å². The van der Waals surface area contributed by atoms with E-state index in [1.54, 1.807) is 18.7 Å². The quantitative estimate of drug-likeness (QED) is 0.906. The number of amides is 2. The molecular weight excluding hydrogens is 314 g/mol.